The molecule has 158 valence electrons. The molecule has 1 aliphatic rings. The summed E-state index contributed by atoms with van der Waals surface area (Å²) >= 11 is 0. The van der Waals surface area contributed by atoms with E-state index in [1.54, 1.807) is 7.11 Å². The average molecular weight is 408 g/mol. The molecule has 30 heavy (non-hydrogen) atoms. The van der Waals surface area contributed by atoms with E-state index in [0.29, 0.717) is 30.1 Å². The van der Waals surface area contributed by atoms with E-state index in [9.17, 15) is 0 Å². The van der Waals surface area contributed by atoms with Crippen molar-refractivity contribution < 1.29 is 14.0 Å². The molecule has 0 unspecified atom stereocenters. The Morgan fingerprint density at radius 2 is 1.83 bits per heavy atom. The standard InChI is InChI=1S/C24H29N3O3/c1-5-16-12-18(11-15(3)22(16)29-6-2)23-26-24(30-27-23)19-13-20(17-9-7-8-10-17)25-21(14-19)28-4/h11-14,17H,5-10H2,1-4H3. The molecule has 3 aromatic rings. The van der Waals surface area contributed by atoms with Gasteiger partial charge in [0.2, 0.25) is 11.7 Å². The van der Waals surface area contributed by atoms with Gasteiger partial charge in [-0.2, -0.15) is 4.98 Å². The fourth-order valence-electron chi connectivity index (χ4n) is 4.23. The number of pyridine rings is 1. The monoisotopic (exact) mass is 407 g/mol. The normalized spacial score (nSPS) is 14.3. The first kappa shape index (κ1) is 20.4. The molecule has 0 amide bonds. The van der Waals surface area contributed by atoms with Crippen LogP contribution in [-0.4, -0.2) is 28.8 Å². The summed E-state index contributed by atoms with van der Waals surface area (Å²) in [5.74, 6) is 3.06. The first-order chi connectivity index (χ1) is 14.6. The first-order valence-corrected chi connectivity index (χ1v) is 10.8. The van der Waals surface area contributed by atoms with E-state index in [-0.39, 0.29) is 0 Å². The molecule has 1 aromatic carbocycles. The van der Waals surface area contributed by atoms with E-state index in [1.807, 2.05) is 13.0 Å². The van der Waals surface area contributed by atoms with Crippen molar-refractivity contribution in [1.82, 2.24) is 15.1 Å². The highest BCUT2D eigenvalue weighted by molar-refractivity contribution is 5.64. The fourth-order valence-corrected chi connectivity index (χ4v) is 4.23. The summed E-state index contributed by atoms with van der Waals surface area (Å²) in [6, 6.07) is 8.06. The van der Waals surface area contributed by atoms with Crippen LogP contribution in [0.4, 0.5) is 0 Å². The summed E-state index contributed by atoms with van der Waals surface area (Å²) in [5.41, 5.74) is 5.05. The van der Waals surface area contributed by atoms with Gasteiger partial charge in [0.05, 0.1) is 13.7 Å². The summed E-state index contributed by atoms with van der Waals surface area (Å²) in [6.07, 6.45) is 5.71. The van der Waals surface area contributed by atoms with Crippen molar-refractivity contribution in [1.29, 1.82) is 0 Å². The molecular weight excluding hydrogens is 378 g/mol. The number of nitrogens with zero attached hydrogens (tertiary/aromatic N) is 3. The highest BCUT2D eigenvalue weighted by Gasteiger charge is 2.22. The molecule has 0 saturated heterocycles. The minimum atomic E-state index is 0.474. The van der Waals surface area contributed by atoms with Crippen molar-refractivity contribution in [3.63, 3.8) is 0 Å². The molecule has 1 fully saturated rings. The van der Waals surface area contributed by atoms with Gasteiger partial charge in [0.25, 0.3) is 5.89 Å². The number of aryl methyl sites for hydroxylation is 2. The van der Waals surface area contributed by atoms with E-state index in [2.05, 4.69) is 47.2 Å². The molecule has 0 N–H and O–H groups in total. The van der Waals surface area contributed by atoms with Crippen LogP contribution in [0.5, 0.6) is 11.6 Å². The van der Waals surface area contributed by atoms with Crippen LogP contribution in [0.25, 0.3) is 22.8 Å². The summed E-state index contributed by atoms with van der Waals surface area (Å²) in [4.78, 5) is 9.34. The van der Waals surface area contributed by atoms with Gasteiger partial charge in [-0.1, -0.05) is 24.9 Å². The molecule has 6 nitrogen and oxygen atoms in total. The van der Waals surface area contributed by atoms with Gasteiger partial charge in [0.1, 0.15) is 5.75 Å². The lowest BCUT2D eigenvalue weighted by Gasteiger charge is -2.13. The van der Waals surface area contributed by atoms with Crippen LogP contribution in [0, 0.1) is 6.92 Å². The van der Waals surface area contributed by atoms with Gasteiger partial charge in [-0.15, -0.1) is 0 Å². The van der Waals surface area contributed by atoms with Gasteiger partial charge < -0.3 is 14.0 Å². The molecule has 1 aliphatic carbocycles. The minimum absolute atomic E-state index is 0.474. The Kier molecular flexibility index (Phi) is 6.02. The molecule has 6 heteroatoms. The van der Waals surface area contributed by atoms with E-state index in [0.717, 1.165) is 40.1 Å². The Hall–Kier alpha value is -2.89. The fraction of sp³-hybridized carbons (Fsp3) is 0.458. The highest BCUT2D eigenvalue weighted by atomic mass is 16.5. The van der Waals surface area contributed by atoms with Gasteiger partial charge in [0, 0.05) is 28.8 Å². The largest absolute Gasteiger partial charge is 0.493 e. The lowest BCUT2D eigenvalue weighted by molar-refractivity contribution is 0.334. The quantitative estimate of drug-likeness (QED) is 0.498. The summed E-state index contributed by atoms with van der Waals surface area (Å²) < 4.78 is 16.9. The second-order valence-electron chi connectivity index (χ2n) is 7.80. The molecule has 0 atom stereocenters. The third kappa shape index (κ3) is 4.04. The maximum absolute atomic E-state index is 5.83. The molecule has 1 saturated carbocycles. The maximum Gasteiger partial charge on any atom is 0.258 e. The van der Waals surface area contributed by atoms with Crippen molar-refractivity contribution in [2.45, 2.75) is 58.8 Å². The van der Waals surface area contributed by atoms with E-state index in [1.165, 1.54) is 25.7 Å². The predicted molar refractivity (Wildman–Crippen MR) is 116 cm³/mol. The molecule has 0 aliphatic heterocycles. The smallest absolute Gasteiger partial charge is 0.258 e. The van der Waals surface area contributed by atoms with Crippen LogP contribution in [-0.2, 0) is 6.42 Å². The highest BCUT2D eigenvalue weighted by Crippen LogP contribution is 2.36. The van der Waals surface area contributed by atoms with Gasteiger partial charge in [-0.05, 0) is 62.4 Å². The SMILES string of the molecule is CCOc1c(C)cc(-c2noc(-c3cc(OC)nc(C4CCCC4)c3)n2)cc1CC. The van der Waals surface area contributed by atoms with Crippen molar-refractivity contribution >= 4 is 0 Å². The lowest BCUT2D eigenvalue weighted by Crippen LogP contribution is -2.00. The number of hydrogen-bond acceptors (Lipinski definition) is 6. The van der Waals surface area contributed by atoms with Crippen LogP contribution in [0.1, 0.15) is 62.3 Å². The molecule has 4 rings (SSSR count). The number of methoxy groups -OCH3 is 1. The van der Waals surface area contributed by atoms with Crippen molar-refractivity contribution in [3.8, 4) is 34.5 Å². The first-order valence-electron chi connectivity index (χ1n) is 10.8. The zero-order valence-electron chi connectivity index (χ0n) is 18.2. The Balaban J connectivity index is 1.69. The Morgan fingerprint density at radius 1 is 1.03 bits per heavy atom. The van der Waals surface area contributed by atoms with Crippen LogP contribution < -0.4 is 9.47 Å². The average Bonchev–Trinajstić information content (AvgIpc) is 3.47. The zero-order valence-corrected chi connectivity index (χ0v) is 18.2. The van der Waals surface area contributed by atoms with Crippen LogP contribution in [0.3, 0.4) is 0 Å². The van der Waals surface area contributed by atoms with Gasteiger partial charge in [-0.25, -0.2) is 4.98 Å². The molecule has 0 spiro atoms. The lowest BCUT2D eigenvalue weighted by atomic mass is 10.0. The van der Waals surface area contributed by atoms with E-state index < -0.39 is 0 Å². The Morgan fingerprint density at radius 3 is 2.53 bits per heavy atom. The molecular formula is C24H29N3O3. The number of benzene rings is 1. The molecule has 2 heterocycles. The molecule has 0 bridgehead atoms. The maximum atomic E-state index is 5.83. The Labute approximate surface area is 177 Å². The third-order valence-electron chi connectivity index (χ3n) is 5.76. The van der Waals surface area contributed by atoms with Crippen LogP contribution in [0.15, 0.2) is 28.8 Å². The van der Waals surface area contributed by atoms with Gasteiger partial charge >= 0.3 is 0 Å². The number of hydrogen-bond donors (Lipinski definition) is 0. The van der Waals surface area contributed by atoms with Gasteiger partial charge in [-0.3, -0.25) is 0 Å². The van der Waals surface area contributed by atoms with Crippen molar-refractivity contribution in [2.24, 2.45) is 0 Å². The number of ether oxygens (including phenoxy) is 2. The van der Waals surface area contributed by atoms with Crippen molar-refractivity contribution in [3.05, 3.63) is 41.1 Å². The van der Waals surface area contributed by atoms with Crippen molar-refractivity contribution in [2.75, 3.05) is 13.7 Å². The summed E-state index contributed by atoms with van der Waals surface area (Å²) in [5, 5.41) is 4.25. The topological polar surface area (TPSA) is 70.3 Å². The van der Waals surface area contributed by atoms with Crippen LogP contribution >= 0.6 is 0 Å². The molecule has 0 radical (unpaired) electrons. The third-order valence-corrected chi connectivity index (χ3v) is 5.76. The van der Waals surface area contributed by atoms with E-state index >= 15 is 0 Å². The second-order valence-corrected chi connectivity index (χ2v) is 7.80. The zero-order chi connectivity index (χ0) is 21.1. The summed E-state index contributed by atoms with van der Waals surface area (Å²) in [7, 11) is 1.64. The predicted octanol–water partition coefficient (Wildman–Crippen LogP) is 5.73. The summed E-state index contributed by atoms with van der Waals surface area (Å²) in [6.45, 7) is 6.82. The Bertz CT molecular complexity index is 1020. The van der Waals surface area contributed by atoms with Crippen LogP contribution in [0.2, 0.25) is 0 Å². The number of aromatic nitrogens is 3. The molecule has 2 aromatic heterocycles. The number of rotatable bonds is 7. The van der Waals surface area contributed by atoms with E-state index in [4.69, 9.17) is 14.0 Å². The van der Waals surface area contributed by atoms with Gasteiger partial charge in [0.15, 0.2) is 0 Å². The second kappa shape index (κ2) is 8.86. The minimum Gasteiger partial charge on any atom is -0.493 e.